The number of aromatic nitrogens is 2. The Morgan fingerprint density at radius 1 is 0.364 bits per heavy atom. The highest BCUT2D eigenvalue weighted by atomic mass is 15.0. The highest BCUT2D eigenvalue weighted by Crippen LogP contribution is 2.37. The molecule has 206 valence electrons. The van der Waals surface area contributed by atoms with Crippen LogP contribution in [-0.2, 0) is 0 Å². The minimum atomic E-state index is -0.312. The van der Waals surface area contributed by atoms with Crippen molar-refractivity contribution < 1.29 is 15.1 Å². The molecule has 44 heavy (non-hydrogen) atoms. The van der Waals surface area contributed by atoms with Crippen molar-refractivity contribution in [2.75, 3.05) is 0 Å². The summed E-state index contributed by atoms with van der Waals surface area (Å²) in [5.74, 6) is 0. The van der Waals surface area contributed by atoms with Crippen molar-refractivity contribution in [3.63, 3.8) is 0 Å². The molecule has 0 aliphatic heterocycles. The van der Waals surface area contributed by atoms with Crippen molar-refractivity contribution >= 4 is 43.6 Å². The molecule has 2 aromatic heterocycles. The number of para-hydroxylation sites is 3. The Hall–Kier alpha value is -5.86. The first-order valence-electron chi connectivity index (χ1n) is 19.7. The van der Waals surface area contributed by atoms with Gasteiger partial charge in [0.15, 0.2) is 0 Å². The van der Waals surface area contributed by atoms with Gasteiger partial charge in [-0.1, -0.05) is 115 Å². The molecule has 0 amide bonds. The van der Waals surface area contributed by atoms with Gasteiger partial charge in [0, 0.05) is 32.9 Å². The third-order valence-electron chi connectivity index (χ3n) is 8.07. The largest absolute Gasteiger partial charge is 0.309 e. The highest BCUT2D eigenvalue weighted by molar-refractivity contribution is 6.12. The third-order valence-corrected chi connectivity index (χ3v) is 8.07. The van der Waals surface area contributed by atoms with E-state index in [1.165, 1.54) is 18.2 Å². The van der Waals surface area contributed by atoms with Crippen LogP contribution in [0.4, 0.5) is 0 Å². The number of hydrogen-bond donors (Lipinski definition) is 0. The normalized spacial score (nSPS) is 15.1. The van der Waals surface area contributed by atoms with E-state index in [1.807, 2.05) is 75.9 Å². The molecule has 9 aromatic rings. The molecule has 0 spiro atoms. The van der Waals surface area contributed by atoms with Gasteiger partial charge in [0.25, 0.3) is 0 Å². The van der Waals surface area contributed by atoms with Gasteiger partial charge in [0.2, 0.25) is 0 Å². The Kier molecular flexibility index (Phi) is 3.61. The zero-order valence-corrected chi connectivity index (χ0v) is 23.2. The molecule has 2 heteroatoms. The smallest absolute Gasteiger partial charge is 0.0645 e. The number of hydrogen-bond acceptors (Lipinski definition) is 0. The second kappa shape index (κ2) is 9.86. The highest BCUT2D eigenvalue weighted by Gasteiger charge is 2.16. The number of benzene rings is 7. The van der Waals surface area contributed by atoms with E-state index in [-0.39, 0.29) is 83.2 Å². The van der Waals surface area contributed by atoms with Crippen molar-refractivity contribution in [2.45, 2.75) is 0 Å². The van der Waals surface area contributed by atoms with Crippen LogP contribution in [0.1, 0.15) is 15.1 Å². The SMILES string of the molecule is [2H]c1cc(-c2c([2H])cc([2H])c(-c3c([2H])cc([2H])cc3[2H])c2[2H])cc(-n2c3ccccc3c3cc(-n4c5ccccc5c5c([2H])c([2H])c([2H])c([2H])c54)ccc32)c1. The van der Waals surface area contributed by atoms with Crippen molar-refractivity contribution in [3.05, 3.63) is 170 Å². The van der Waals surface area contributed by atoms with Crippen LogP contribution < -0.4 is 0 Å². The molecule has 0 saturated carbocycles. The molecular weight excluding hydrogens is 532 g/mol. The van der Waals surface area contributed by atoms with Gasteiger partial charge in [-0.25, -0.2) is 0 Å². The summed E-state index contributed by atoms with van der Waals surface area (Å²) in [7, 11) is 0. The van der Waals surface area contributed by atoms with Crippen molar-refractivity contribution in [3.8, 4) is 33.6 Å². The van der Waals surface area contributed by atoms with Crippen LogP contribution in [0.3, 0.4) is 0 Å². The molecule has 2 heterocycles. The molecule has 0 saturated heterocycles. The first-order chi connectivity index (χ1) is 26.3. The molecule has 0 N–H and O–H groups in total. The first-order valence-corrected chi connectivity index (χ1v) is 14.2. The van der Waals surface area contributed by atoms with Gasteiger partial charge in [0.1, 0.15) is 0 Å². The molecule has 0 unspecified atom stereocenters. The molecule has 2 nitrogen and oxygen atoms in total. The standard InChI is InChI=1S/C42H28N2/c1-2-12-29(13-3-1)30-14-10-15-31(26-30)32-16-11-17-33(27-32)43-41-23-9-6-20-37(41)38-28-34(24-25-42(38)43)44-39-21-7-4-18-35(39)36-19-5-8-22-40(36)44/h1-28H/i1D,4D,7D,11D,12D,13D,14D,15D,18D,21D,26D. The second-order valence-corrected chi connectivity index (χ2v) is 10.5. The van der Waals surface area contributed by atoms with Gasteiger partial charge in [-0.3, -0.25) is 0 Å². The molecule has 0 atom stereocenters. The lowest BCUT2D eigenvalue weighted by Crippen LogP contribution is -1.96. The molecule has 7 aromatic carbocycles. The number of rotatable bonds is 4. The minimum absolute atomic E-state index is 0.0113. The maximum Gasteiger partial charge on any atom is 0.0645 e. The summed E-state index contributed by atoms with van der Waals surface area (Å²) in [6, 6.07) is 28.4. The molecule has 9 rings (SSSR count). The summed E-state index contributed by atoms with van der Waals surface area (Å²) >= 11 is 0. The molecule has 0 radical (unpaired) electrons. The summed E-state index contributed by atoms with van der Waals surface area (Å²) < 4.78 is 98.8. The van der Waals surface area contributed by atoms with Gasteiger partial charge in [0.05, 0.1) is 37.1 Å². The van der Waals surface area contributed by atoms with Gasteiger partial charge in [-0.05, 0) is 76.8 Å². The van der Waals surface area contributed by atoms with E-state index in [0.717, 1.165) is 27.3 Å². The van der Waals surface area contributed by atoms with Gasteiger partial charge >= 0.3 is 0 Å². The van der Waals surface area contributed by atoms with Gasteiger partial charge < -0.3 is 9.13 Å². The lowest BCUT2D eigenvalue weighted by Gasteiger charge is -2.12. The Bertz CT molecular complexity index is 3100. The van der Waals surface area contributed by atoms with E-state index >= 15 is 0 Å². The van der Waals surface area contributed by atoms with Crippen LogP contribution >= 0.6 is 0 Å². The van der Waals surface area contributed by atoms with E-state index in [2.05, 4.69) is 0 Å². The van der Waals surface area contributed by atoms with Crippen LogP contribution in [0.15, 0.2) is 170 Å². The molecule has 0 fully saturated rings. The van der Waals surface area contributed by atoms with Crippen molar-refractivity contribution in [1.29, 1.82) is 0 Å². The van der Waals surface area contributed by atoms with E-state index in [4.69, 9.17) is 13.7 Å². The maximum absolute atomic E-state index is 9.22. The van der Waals surface area contributed by atoms with Crippen LogP contribution in [0.25, 0.3) is 77.2 Å². The van der Waals surface area contributed by atoms with Crippen molar-refractivity contribution in [1.82, 2.24) is 9.13 Å². The van der Waals surface area contributed by atoms with E-state index in [1.54, 1.807) is 18.2 Å². The average molecular weight is 572 g/mol. The fraction of sp³-hybridized carbons (Fsp3) is 0. The summed E-state index contributed by atoms with van der Waals surface area (Å²) in [4.78, 5) is 0. The Morgan fingerprint density at radius 2 is 1.00 bits per heavy atom. The fourth-order valence-corrected chi connectivity index (χ4v) is 6.17. The summed E-state index contributed by atoms with van der Waals surface area (Å²) in [6.07, 6.45) is 0. The lowest BCUT2D eigenvalue weighted by molar-refractivity contribution is 1.17. The zero-order valence-electron chi connectivity index (χ0n) is 34.2. The zero-order chi connectivity index (χ0) is 38.6. The Morgan fingerprint density at radius 3 is 1.82 bits per heavy atom. The summed E-state index contributed by atoms with van der Waals surface area (Å²) in [5.41, 5.74) is 4.59. The Labute approximate surface area is 271 Å². The summed E-state index contributed by atoms with van der Waals surface area (Å²) in [6.45, 7) is 0. The predicted molar refractivity (Wildman–Crippen MR) is 186 cm³/mol. The number of nitrogens with zero attached hydrogens (tertiary/aromatic N) is 2. The van der Waals surface area contributed by atoms with E-state index in [9.17, 15) is 1.37 Å². The fourth-order valence-electron chi connectivity index (χ4n) is 6.17. The second-order valence-electron chi connectivity index (χ2n) is 10.5. The molecule has 0 bridgehead atoms. The first kappa shape index (κ1) is 16.1. The molecule has 0 aliphatic carbocycles. The maximum atomic E-state index is 9.22. The van der Waals surface area contributed by atoms with Crippen LogP contribution in [0.2, 0.25) is 0 Å². The molecular formula is C42H28N2. The minimum Gasteiger partial charge on any atom is -0.309 e. The predicted octanol–water partition coefficient (Wildman–Crippen LogP) is 11.2. The van der Waals surface area contributed by atoms with E-state index < -0.39 is 0 Å². The van der Waals surface area contributed by atoms with Gasteiger partial charge in [-0.2, -0.15) is 0 Å². The monoisotopic (exact) mass is 571 g/mol. The lowest BCUT2D eigenvalue weighted by atomic mass is 9.99. The third kappa shape index (κ3) is 3.82. The van der Waals surface area contributed by atoms with E-state index in [0.29, 0.717) is 33.2 Å². The Balaban J connectivity index is 1.28. The quantitative estimate of drug-likeness (QED) is 0.199. The van der Waals surface area contributed by atoms with Crippen LogP contribution in [-0.4, -0.2) is 9.13 Å². The molecule has 0 aliphatic rings. The van der Waals surface area contributed by atoms with Crippen LogP contribution in [0.5, 0.6) is 0 Å². The topological polar surface area (TPSA) is 9.86 Å². The van der Waals surface area contributed by atoms with Crippen LogP contribution in [0, 0.1) is 0 Å². The number of fused-ring (bicyclic) bond motifs is 6. The van der Waals surface area contributed by atoms with Crippen molar-refractivity contribution in [2.24, 2.45) is 0 Å². The summed E-state index contributed by atoms with van der Waals surface area (Å²) in [5, 5.41) is 2.90. The average Bonchev–Trinajstić information content (AvgIpc) is 3.67. The van der Waals surface area contributed by atoms with Gasteiger partial charge in [-0.15, -0.1) is 0 Å².